The van der Waals surface area contributed by atoms with Gasteiger partial charge in [0.25, 0.3) is 11.5 Å². The minimum atomic E-state index is -0.375. The molecule has 2 aromatic rings. The second kappa shape index (κ2) is 8.12. The third kappa shape index (κ3) is 4.28. The maximum absolute atomic E-state index is 12.1. The number of hydrogen-bond acceptors (Lipinski definition) is 3. The van der Waals surface area contributed by atoms with E-state index in [0.717, 1.165) is 31.2 Å². The predicted octanol–water partition coefficient (Wildman–Crippen LogP) is 2.75. The summed E-state index contributed by atoms with van der Waals surface area (Å²) in [6.07, 6.45) is 7.66. The molecule has 0 unspecified atom stereocenters. The minimum Gasteiger partial charge on any atom is -0.352 e. The number of hydrogen-bond donors (Lipinski definition) is 2. The molecule has 116 valence electrons. The molecule has 5 nitrogen and oxygen atoms in total. The first-order valence-electron chi connectivity index (χ1n) is 7.64. The normalized spacial score (nSPS) is 10.4. The largest absolute Gasteiger partial charge is 0.352 e. The standard InChI is InChI=1S/C17H21N3O2/c1-2-3-4-5-10-19-16(21)14-6-7-15(20-17(14)22)13-8-11-18-12-9-13/h6-9,11-12H,2-5,10H2,1H3,(H,19,21)(H,20,22). The molecule has 0 aliphatic carbocycles. The molecule has 0 fully saturated rings. The molecule has 2 rings (SSSR count). The monoisotopic (exact) mass is 299 g/mol. The van der Waals surface area contributed by atoms with Crippen LogP contribution >= 0.6 is 0 Å². The first-order chi connectivity index (χ1) is 10.7. The number of pyridine rings is 2. The van der Waals surface area contributed by atoms with E-state index in [0.29, 0.717) is 12.2 Å². The van der Waals surface area contributed by atoms with Gasteiger partial charge in [0.2, 0.25) is 0 Å². The van der Waals surface area contributed by atoms with Crippen LogP contribution in [0.25, 0.3) is 11.3 Å². The Morgan fingerprint density at radius 3 is 2.59 bits per heavy atom. The smallest absolute Gasteiger partial charge is 0.261 e. The van der Waals surface area contributed by atoms with Gasteiger partial charge in [0.05, 0.1) is 0 Å². The lowest BCUT2D eigenvalue weighted by atomic mass is 10.1. The van der Waals surface area contributed by atoms with Gasteiger partial charge in [-0.15, -0.1) is 0 Å². The highest BCUT2D eigenvalue weighted by molar-refractivity contribution is 5.94. The lowest BCUT2D eigenvalue weighted by Gasteiger charge is -2.06. The summed E-state index contributed by atoms with van der Waals surface area (Å²) in [5.74, 6) is -0.320. The van der Waals surface area contributed by atoms with Gasteiger partial charge < -0.3 is 10.3 Å². The van der Waals surface area contributed by atoms with Crippen LogP contribution in [-0.4, -0.2) is 22.4 Å². The molecule has 0 saturated heterocycles. The number of carbonyl (C=O) groups excluding carboxylic acids is 1. The molecular weight excluding hydrogens is 278 g/mol. The molecule has 2 aromatic heterocycles. The van der Waals surface area contributed by atoms with E-state index in [1.807, 2.05) is 0 Å². The predicted molar refractivity (Wildman–Crippen MR) is 86.8 cm³/mol. The van der Waals surface area contributed by atoms with E-state index in [1.54, 1.807) is 36.7 Å². The molecule has 5 heteroatoms. The Morgan fingerprint density at radius 1 is 1.14 bits per heavy atom. The highest BCUT2D eigenvalue weighted by Crippen LogP contribution is 2.13. The third-order valence-electron chi connectivity index (χ3n) is 3.46. The summed E-state index contributed by atoms with van der Waals surface area (Å²) in [5.41, 5.74) is 1.30. The summed E-state index contributed by atoms with van der Waals surface area (Å²) in [5, 5.41) is 2.79. The Labute approximate surface area is 129 Å². The number of aromatic nitrogens is 2. The van der Waals surface area contributed by atoms with Crippen LogP contribution in [0.5, 0.6) is 0 Å². The maximum Gasteiger partial charge on any atom is 0.261 e. The van der Waals surface area contributed by atoms with Gasteiger partial charge in [-0.1, -0.05) is 26.2 Å². The van der Waals surface area contributed by atoms with Crippen molar-refractivity contribution in [1.29, 1.82) is 0 Å². The first kappa shape index (κ1) is 15.9. The Balaban J connectivity index is 2.01. The number of H-pyrrole nitrogens is 1. The number of amides is 1. The van der Waals surface area contributed by atoms with E-state index in [9.17, 15) is 9.59 Å². The van der Waals surface area contributed by atoms with Gasteiger partial charge in [-0.3, -0.25) is 14.6 Å². The molecule has 2 heterocycles. The van der Waals surface area contributed by atoms with Gasteiger partial charge in [0, 0.05) is 30.2 Å². The minimum absolute atomic E-state index is 0.147. The van der Waals surface area contributed by atoms with Crippen molar-refractivity contribution < 1.29 is 4.79 Å². The molecular formula is C17H21N3O2. The van der Waals surface area contributed by atoms with Crippen molar-refractivity contribution in [1.82, 2.24) is 15.3 Å². The van der Waals surface area contributed by atoms with E-state index >= 15 is 0 Å². The molecule has 0 atom stereocenters. The molecule has 0 spiro atoms. The quantitative estimate of drug-likeness (QED) is 0.772. The fourth-order valence-electron chi connectivity index (χ4n) is 2.20. The topological polar surface area (TPSA) is 74.8 Å². The molecule has 0 aliphatic rings. The van der Waals surface area contributed by atoms with Crippen LogP contribution < -0.4 is 10.9 Å². The van der Waals surface area contributed by atoms with Crippen LogP contribution in [0.15, 0.2) is 41.5 Å². The van der Waals surface area contributed by atoms with Crippen LogP contribution in [0, 0.1) is 0 Å². The molecule has 0 aliphatic heterocycles. The average Bonchev–Trinajstić information content (AvgIpc) is 2.55. The summed E-state index contributed by atoms with van der Waals surface area (Å²) in [6.45, 7) is 2.74. The highest BCUT2D eigenvalue weighted by atomic mass is 16.2. The number of unbranched alkanes of at least 4 members (excludes halogenated alkanes) is 3. The van der Waals surface area contributed by atoms with E-state index in [4.69, 9.17) is 0 Å². The Hall–Kier alpha value is -2.43. The lowest BCUT2D eigenvalue weighted by Crippen LogP contribution is -2.30. The SMILES string of the molecule is CCCCCCNC(=O)c1ccc(-c2ccncc2)[nH]c1=O. The van der Waals surface area contributed by atoms with Gasteiger partial charge in [-0.25, -0.2) is 0 Å². The Kier molecular flexibility index (Phi) is 5.89. The second-order valence-electron chi connectivity index (χ2n) is 5.17. The molecule has 2 N–H and O–H groups in total. The van der Waals surface area contributed by atoms with Crippen LogP contribution in [0.4, 0.5) is 0 Å². The van der Waals surface area contributed by atoms with Gasteiger partial charge >= 0.3 is 0 Å². The molecule has 0 radical (unpaired) electrons. The number of nitrogens with zero attached hydrogens (tertiary/aromatic N) is 1. The third-order valence-corrected chi connectivity index (χ3v) is 3.46. The molecule has 0 aromatic carbocycles. The Morgan fingerprint density at radius 2 is 1.91 bits per heavy atom. The van der Waals surface area contributed by atoms with Crippen molar-refractivity contribution in [2.24, 2.45) is 0 Å². The summed E-state index contributed by atoms with van der Waals surface area (Å²) in [6, 6.07) is 6.91. The number of nitrogens with one attached hydrogen (secondary N) is 2. The maximum atomic E-state index is 12.1. The fraction of sp³-hybridized carbons (Fsp3) is 0.353. The van der Waals surface area contributed by atoms with Crippen molar-refractivity contribution in [3.63, 3.8) is 0 Å². The van der Waals surface area contributed by atoms with E-state index in [2.05, 4.69) is 22.2 Å². The van der Waals surface area contributed by atoms with Crippen molar-refractivity contribution in [3.05, 3.63) is 52.6 Å². The molecule has 22 heavy (non-hydrogen) atoms. The van der Waals surface area contributed by atoms with Gasteiger partial charge in [0.1, 0.15) is 5.56 Å². The van der Waals surface area contributed by atoms with Crippen molar-refractivity contribution in [2.75, 3.05) is 6.54 Å². The molecule has 1 amide bonds. The summed E-state index contributed by atoms with van der Waals surface area (Å²) in [4.78, 5) is 30.7. The zero-order valence-corrected chi connectivity index (χ0v) is 12.8. The molecule has 0 saturated carbocycles. The number of aromatic amines is 1. The zero-order valence-electron chi connectivity index (χ0n) is 12.8. The number of carbonyl (C=O) groups is 1. The average molecular weight is 299 g/mol. The molecule has 0 bridgehead atoms. The van der Waals surface area contributed by atoms with E-state index in [-0.39, 0.29) is 17.0 Å². The second-order valence-corrected chi connectivity index (χ2v) is 5.17. The van der Waals surface area contributed by atoms with Crippen molar-refractivity contribution in [2.45, 2.75) is 32.6 Å². The van der Waals surface area contributed by atoms with Crippen LogP contribution in [0.2, 0.25) is 0 Å². The highest BCUT2D eigenvalue weighted by Gasteiger charge is 2.10. The Bertz CT molecular complexity index is 665. The van der Waals surface area contributed by atoms with Crippen molar-refractivity contribution >= 4 is 5.91 Å². The lowest BCUT2D eigenvalue weighted by molar-refractivity contribution is 0.0951. The van der Waals surface area contributed by atoms with Gasteiger partial charge in [-0.05, 0) is 30.7 Å². The van der Waals surface area contributed by atoms with Crippen molar-refractivity contribution in [3.8, 4) is 11.3 Å². The summed E-state index contributed by atoms with van der Waals surface area (Å²) < 4.78 is 0. The fourth-order valence-corrected chi connectivity index (χ4v) is 2.20. The van der Waals surface area contributed by atoms with Crippen LogP contribution in [-0.2, 0) is 0 Å². The van der Waals surface area contributed by atoms with Gasteiger partial charge in [-0.2, -0.15) is 0 Å². The van der Waals surface area contributed by atoms with E-state index in [1.165, 1.54) is 0 Å². The summed E-state index contributed by atoms with van der Waals surface area (Å²) in [7, 11) is 0. The van der Waals surface area contributed by atoms with Gasteiger partial charge in [0.15, 0.2) is 0 Å². The van der Waals surface area contributed by atoms with Crippen LogP contribution in [0.3, 0.4) is 0 Å². The zero-order chi connectivity index (χ0) is 15.8. The van der Waals surface area contributed by atoms with E-state index < -0.39 is 0 Å². The van der Waals surface area contributed by atoms with Crippen LogP contribution in [0.1, 0.15) is 43.0 Å². The summed E-state index contributed by atoms with van der Waals surface area (Å²) >= 11 is 0. The first-order valence-corrected chi connectivity index (χ1v) is 7.64. The number of rotatable bonds is 7.